The van der Waals surface area contributed by atoms with Crippen LogP contribution in [0.3, 0.4) is 0 Å². The summed E-state index contributed by atoms with van der Waals surface area (Å²) in [6, 6.07) is 22.0. The second kappa shape index (κ2) is 10.1. The normalized spacial score (nSPS) is 11.7. The maximum atomic E-state index is 5.70. The Balaban J connectivity index is 1.62. The molecule has 2 aromatic heterocycles. The van der Waals surface area contributed by atoms with Crippen molar-refractivity contribution in [1.82, 2.24) is 9.55 Å². The van der Waals surface area contributed by atoms with Crippen LogP contribution in [-0.2, 0) is 13.0 Å². The first-order chi connectivity index (χ1) is 17.2. The number of ether oxygens (including phenoxy) is 3. The van der Waals surface area contributed by atoms with Crippen molar-refractivity contribution in [2.45, 2.75) is 13.0 Å². The molecular formula is C28H27N3O3S. The fourth-order valence-electron chi connectivity index (χ4n) is 4.23. The fourth-order valence-corrected chi connectivity index (χ4v) is 5.17. The van der Waals surface area contributed by atoms with Crippen LogP contribution >= 0.6 is 11.3 Å². The average molecular weight is 486 g/mol. The SMILES string of the molecule is COc1cccc(N=c2scc(-c3cc(OC)ccc3OC)n2CCc2c[nH]c3ccccc23)c1. The summed E-state index contributed by atoms with van der Waals surface area (Å²) in [5.41, 5.74) is 5.27. The molecule has 0 aliphatic carbocycles. The highest BCUT2D eigenvalue weighted by molar-refractivity contribution is 7.07. The minimum atomic E-state index is 0.754. The van der Waals surface area contributed by atoms with Crippen LogP contribution in [0.4, 0.5) is 5.69 Å². The van der Waals surface area contributed by atoms with Crippen molar-refractivity contribution in [2.75, 3.05) is 21.3 Å². The van der Waals surface area contributed by atoms with Gasteiger partial charge in [-0.05, 0) is 48.4 Å². The molecule has 0 unspecified atom stereocenters. The molecule has 0 aliphatic heterocycles. The number of benzene rings is 3. The molecule has 6 nitrogen and oxygen atoms in total. The molecule has 35 heavy (non-hydrogen) atoms. The number of rotatable bonds is 8. The number of nitrogens with zero attached hydrogens (tertiary/aromatic N) is 2. The zero-order valence-corrected chi connectivity index (χ0v) is 20.8. The number of aromatic amines is 1. The number of hydrogen-bond acceptors (Lipinski definition) is 5. The molecule has 178 valence electrons. The zero-order chi connectivity index (χ0) is 24.2. The number of fused-ring (bicyclic) bond motifs is 1. The van der Waals surface area contributed by atoms with Crippen LogP contribution in [0, 0.1) is 0 Å². The Morgan fingerprint density at radius 2 is 1.71 bits per heavy atom. The first kappa shape index (κ1) is 22.8. The lowest BCUT2D eigenvalue weighted by atomic mass is 10.1. The third-order valence-electron chi connectivity index (χ3n) is 6.04. The fraction of sp³-hybridized carbons (Fsp3) is 0.179. The molecule has 0 saturated heterocycles. The van der Waals surface area contributed by atoms with E-state index < -0.39 is 0 Å². The van der Waals surface area contributed by atoms with E-state index in [2.05, 4.69) is 45.4 Å². The molecule has 1 N–H and O–H groups in total. The molecule has 5 rings (SSSR count). The van der Waals surface area contributed by atoms with Crippen LogP contribution in [-0.4, -0.2) is 30.9 Å². The Bertz CT molecular complexity index is 1530. The first-order valence-corrected chi connectivity index (χ1v) is 12.2. The molecule has 0 spiro atoms. The van der Waals surface area contributed by atoms with Gasteiger partial charge in [0.1, 0.15) is 17.2 Å². The smallest absolute Gasteiger partial charge is 0.190 e. The monoisotopic (exact) mass is 485 g/mol. The Kier molecular flexibility index (Phi) is 6.59. The van der Waals surface area contributed by atoms with E-state index in [0.717, 1.165) is 57.5 Å². The standard InChI is InChI=1S/C28H27N3O3S/c1-32-21-8-6-7-20(15-21)30-28-31(14-13-19-17-29-25-10-5-4-9-23(19)25)26(18-35-28)24-16-22(33-2)11-12-27(24)34-3/h4-12,15-18,29H,13-14H2,1-3H3. The van der Waals surface area contributed by atoms with Crippen molar-refractivity contribution in [2.24, 2.45) is 4.99 Å². The van der Waals surface area contributed by atoms with Gasteiger partial charge in [-0.1, -0.05) is 24.3 Å². The van der Waals surface area contributed by atoms with Gasteiger partial charge in [-0.2, -0.15) is 0 Å². The van der Waals surface area contributed by atoms with Gasteiger partial charge in [0.05, 0.1) is 32.7 Å². The van der Waals surface area contributed by atoms with E-state index in [1.54, 1.807) is 32.7 Å². The number of H-pyrrole nitrogens is 1. The van der Waals surface area contributed by atoms with Crippen LogP contribution in [0.2, 0.25) is 0 Å². The molecule has 7 heteroatoms. The Morgan fingerprint density at radius 3 is 2.54 bits per heavy atom. The second-order valence-corrected chi connectivity index (χ2v) is 8.88. The third-order valence-corrected chi connectivity index (χ3v) is 6.90. The topological polar surface area (TPSA) is 60.8 Å². The number of methoxy groups -OCH3 is 3. The van der Waals surface area contributed by atoms with E-state index in [0.29, 0.717) is 0 Å². The van der Waals surface area contributed by atoms with Gasteiger partial charge in [0, 0.05) is 40.7 Å². The summed E-state index contributed by atoms with van der Waals surface area (Å²) in [5.74, 6) is 2.35. The van der Waals surface area contributed by atoms with Crippen molar-refractivity contribution in [3.8, 4) is 28.5 Å². The van der Waals surface area contributed by atoms with Gasteiger partial charge in [-0.3, -0.25) is 0 Å². The minimum absolute atomic E-state index is 0.754. The van der Waals surface area contributed by atoms with Crippen LogP contribution in [0.5, 0.6) is 17.2 Å². The predicted octanol–water partition coefficient (Wildman–Crippen LogP) is 6.20. The van der Waals surface area contributed by atoms with Crippen LogP contribution in [0.15, 0.2) is 83.3 Å². The van der Waals surface area contributed by atoms with Gasteiger partial charge in [0.2, 0.25) is 0 Å². The molecule has 2 heterocycles. The lowest BCUT2D eigenvalue weighted by molar-refractivity contribution is 0.404. The van der Waals surface area contributed by atoms with Crippen LogP contribution in [0.1, 0.15) is 5.56 Å². The van der Waals surface area contributed by atoms with Crippen LogP contribution < -0.4 is 19.0 Å². The van der Waals surface area contributed by atoms with Crippen LogP contribution in [0.25, 0.3) is 22.2 Å². The first-order valence-electron chi connectivity index (χ1n) is 11.3. The summed E-state index contributed by atoms with van der Waals surface area (Å²) < 4.78 is 18.9. The number of aryl methyl sites for hydroxylation is 1. The zero-order valence-electron chi connectivity index (χ0n) is 19.9. The molecular weight excluding hydrogens is 458 g/mol. The molecule has 0 fully saturated rings. The quantitative estimate of drug-likeness (QED) is 0.285. The number of thiazole rings is 1. The summed E-state index contributed by atoms with van der Waals surface area (Å²) >= 11 is 1.60. The van der Waals surface area contributed by atoms with Gasteiger partial charge in [-0.25, -0.2) is 4.99 Å². The second-order valence-electron chi connectivity index (χ2n) is 8.04. The Hall–Kier alpha value is -3.97. The summed E-state index contributed by atoms with van der Waals surface area (Å²) in [6.07, 6.45) is 2.95. The van der Waals surface area contributed by atoms with Crippen molar-refractivity contribution in [3.63, 3.8) is 0 Å². The highest BCUT2D eigenvalue weighted by atomic mass is 32.1. The van der Waals surface area contributed by atoms with E-state index in [1.807, 2.05) is 42.5 Å². The molecule has 0 atom stereocenters. The average Bonchev–Trinajstić information content (AvgIpc) is 3.50. The van der Waals surface area contributed by atoms with E-state index in [9.17, 15) is 0 Å². The van der Waals surface area contributed by atoms with Gasteiger partial charge >= 0.3 is 0 Å². The molecule has 0 radical (unpaired) electrons. The van der Waals surface area contributed by atoms with Crippen molar-refractivity contribution in [1.29, 1.82) is 0 Å². The largest absolute Gasteiger partial charge is 0.497 e. The number of hydrogen-bond donors (Lipinski definition) is 1. The highest BCUT2D eigenvalue weighted by Crippen LogP contribution is 2.34. The van der Waals surface area contributed by atoms with Crippen molar-refractivity contribution >= 4 is 27.9 Å². The molecule has 0 saturated carbocycles. The summed E-state index contributed by atoms with van der Waals surface area (Å²) in [4.78, 5) is 9.26. The lowest BCUT2D eigenvalue weighted by Crippen LogP contribution is -2.17. The maximum absolute atomic E-state index is 5.70. The van der Waals surface area contributed by atoms with E-state index in [1.165, 1.54) is 10.9 Å². The molecule has 0 bridgehead atoms. The lowest BCUT2D eigenvalue weighted by Gasteiger charge is -2.13. The molecule has 3 aromatic carbocycles. The molecule has 0 amide bonds. The third kappa shape index (κ3) is 4.68. The predicted molar refractivity (Wildman–Crippen MR) is 141 cm³/mol. The van der Waals surface area contributed by atoms with Gasteiger partial charge in [0.15, 0.2) is 4.80 Å². The highest BCUT2D eigenvalue weighted by Gasteiger charge is 2.15. The van der Waals surface area contributed by atoms with E-state index in [-0.39, 0.29) is 0 Å². The van der Waals surface area contributed by atoms with Crippen molar-refractivity contribution < 1.29 is 14.2 Å². The number of para-hydroxylation sites is 1. The molecule has 0 aliphatic rings. The summed E-state index contributed by atoms with van der Waals surface area (Å²) in [6.45, 7) is 0.754. The molecule has 5 aromatic rings. The van der Waals surface area contributed by atoms with Gasteiger partial charge < -0.3 is 23.8 Å². The van der Waals surface area contributed by atoms with E-state index >= 15 is 0 Å². The van der Waals surface area contributed by atoms with Gasteiger partial charge in [-0.15, -0.1) is 11.3 Å². The maximum Gasteiger partial charge on any atom is 0.190 e. The number of nitrogens with one attached hydrogen (secondary N) is 1. The Morgan fingerprint density at radius 1 is 0.886 bits per heavy atom. The van der Waals surface area contributed by atoms with E-state index in [4.69, 9.17) is 19.2 Å². The minimum Gasteiger partial charge on any atom is -0.497 e. The Labute approximate surface area is 208 Å². The van der Waals surface area contributed by atoms with Gasteiger partial charge in [0.25, 0.3) is 0 Å². The number of aromatic nitrogens is 2. The van der Waals surface area contributed by atoms with Crippen molar-refractivity contribution in [3.05, 3.63) is 88.7 Å². The summed E-state index contributed by atoms with van der Waals surface area (Å²) in [5, 5.41) is 3.38. The summed E-state index contributed by atoms with van der Waals surface area (Å²) in [7, 11) is 5.03.